The van der Waals surface area contributed by atoms with Gasteiger partial charge in [-0.15, -0.1) is 0 Å². The highest BCUT2D eigenvalue weighted by Crippen LogP contribution is 2.61. The number of rotatable bonds is 1. The highest BCUT2D eigenvalue weighted by molar-refractivity contribution is 6.78. The van der Waals surface area contributed by atoms with Crippen LogP contribution in [-0.2, 0) is 9.59 Å². The summed E-state index contributed by atoms with van der Waals surface area (Å²) < 4.78 is 0. The quantitative estimate of drug-likeness (QED) is 0.403. The number of carbonyl (C=O) groups excluding carboxylic acids is 2. The first kappa shape index (κ1) is 11.2. The van der Waals surface area contributed by atoms with Gasteiger partial charge in [-0.2, -0.15) is 0 Å². The van der Waals surface area contributed by atoms with Crippen LogP contribution < -0.4 is 0 Å². The van der Waals surface area contributed by atoms with Crippen molar-refractivity contribution >= 4 is 19.9 Å². The lowest BCUT2D eigenvalue weighted by molar-refractivity contribution is -0.138. The van der Waals surface area contributed by atoms with Crippen molar-refractivity contribution in [2.24, 2.45) is 23.7 Å². The molecule has 1 aliphatic heterocycles. The van der Waals surface area contributed by atoms with E-state index >= 15 is 0 Å². The van der Waals surface area contributed by atoms with Crippen molar-refractivity contribution in [2.75, 3.05) is 7.05 Å². The van der Waals surface area contributed by atoms with Crippen molar-refractivity contribution in [3.8, 4) is 0 Å². The molecule has 5 atom stereocenters. The Kier molecular flexibility index (Phi) is 2.04. The number of hydrogen-bond donors (Lipinski definition) is 0. The van der Waals surface area contributed by atoms with Gasteiger partial charge in [-0.3, -0.25) is 14.5 Å². The number of fused-ring (bicyclic) bond motifs is 5. The molecule has 92 valence electrons. The first-order valence-electron chi connectivity index (χ1n) is 6.34. The van der Waals surface area contributed by atoms with Crippen LogP contribution in [0, 0.1) is 23.7 Å². The standard InChI is InChI=1S/C13H19NO2Si/c1-14-12(15)9-7-5-6-8(10(9)13(14)16)11(7)17(2,3)4/h5-11H,1-4H3/t7-,8+,9?,10?,11?. The molecule has 2 fully saturated rings. The molecule has 0 N–H and O–H groups in total. The van der Waals surface area contributed by atoms with Crippen molar-refractivity contribution in [2.45, 2.75) is 25.2 Å². The van der Waals surface area contributed by atoms with Gasteiger partial charge in [-0.25, -0.2) is 0 Å². The largest absolute Gasteiger partial charge is 0.285 e. The van der Waals surface area contributed by atoms with Crippen LogP contribution in [0.3, 0.4) is 0 Å². The van der Waals surface area contributed by atoms with Crippen molar-refractivity contribution in [1.82, 2.24) is 4.90 Å². The fraction of sp³-hybridized carbons (Fsp3) is 0.692. The van der Waals surface area contributed by atoms with Gasteiger partial charge in [-0.1, -0.05) is 31.8 Å². The van der Waals surface area contributed by atoms with Crippen LogP contribution in [0.2, 0.25) is 25.2 Å². The first-order chi connectivity index (χ1) is 7.84. The Hall–Kier alpha value is -0.903. The normalized spacial score (nSPS) is 43.8. The summed E-state index contributed by atoms with van der Waals surface area (Å²) in [5.74, 6) is 0.690. The molecule has 2 bridgehead atoms. The minimum Gasteiger partial charge on any atom is -0.285 e. The summed E-state index contributed by atoms with van der Waals surface area (Å²) in [6.45, 7) is 7.05. The second-order valence-corrected chi connectivity index (χ2v) is 12.1. The van der Waals surface area contributed by atoms with Gasteiger partial charge < -0.3 is 0 Å². The zero-order valence-corrected chi connectivity index (χ0v) is 11.8. The summed E-state index contributed by atoms with van der Waals surface area (Å²) in [5, 5.41) is 0. The first-order valence-corrected chi connectivity index (χ1v) is 9.91. The van der Waals surface area contributed by atoms with E-state index in [1.165, 1.54) is 4.90 Å². The third-order valence-corrected chi connectivity index (χ3v) is 7.60. The number of hydrogen-bond acceptors (Lipinski definition) is 2. The molecule has 3 nitrogen and oxygen atoms in total. The van der Waals surface area contributed by atoms with E-state index in [1.807, 2.05) is 0 Å². The Balaban J connectivity index is 2.03. The molecule has 2 amide bonds. The van der Waals surface area contributed by atoms with Crippen molar-refractivity contribution in [3.63, 3.8) is 0 Å². The van der Waals surface area contributed by atoms with Crippen molar-refractivity contribution in [1.29, 1.82) is 0 Å². The Bertz CT molecular complexity index is 405. The Morgan fingerprint density at radius 2 is 1.41 bits per heavy atom. The molecular formula is C13H19NO2Si. The SMILES string of the molecule is CN1C(=O)C2C(C1=O)[C@@H]1C=C[C@H]2C1[Si](C)(C)C. The summed E-state index contributed by atoms with van der Waals surface area (Å²) in [5.41, 5.74) is 0.582. The molecule has 3 unspecified atom stereocenters. The number of amides is 2. The number of imide groups is 1. The molecule has 3 rings (SSSR count). The number of allylic oxidation sites excluding steroid dienone is 2. The van der Waals surface area contributed by atoms with Gasteiger partial charge in [0.2, 0.25) is 11.8 Å². The van der Waals surface area contributed by atoms with Crippen LogP contribution in [0.5, 0.6) is 0 Å². The third-order valence-electron chi connectivity index (χ3n) is 4.83. The minimum absolute atomic E-state index is 0.0424. The smallest absolute Gasteiger partial charge is 0.233 e. The van der Waals surface area contributed by atoms with Crippen LogP contribution in [-0.4, -0.2) is 31.8 Å². The summed E-state index contributed by atoms with van der Waals surface area (Å²) in [7, 11) is 0.310. The molecular weight excluding hydrogens is 230 g/mol. The van der Waals surface area contributed by atoms with E-state index < -0.39 is 8.07 Å². The summed E-state index contributed by atoms with van der Waals surface area (Å²) >= 11 is 0. The van der Waals surface area contributed by atoms with E-state index in [9.17, 15) is 9.59 Å². The fourth-order valence-electron chi connectivity index (χ4n) is 4.26. The molecule has 4 heteroatoms. The average molecular weight is 249 g/mol. The summed E-state index contributed by atoms with van der Waals surface area (Å²) in [6.07, 6.45) is 4.41. The number of nitrogens with zero attached hydrogens (tertiary/aromatic N) is 1. The van der Waals surface area contributed by atoms with E-state index in [-0.39, 0.29) is 23.7 Å². The van der Waals surface area contributed by atoms with Crippen LogP contribution in [0.15, 0.2) is 12.2 Å². The van der Waals surface area contributed by atoms with E-state index in [0.717, 1.165) is 0 Å². The van der Waals surface area contributed by atoms with Crippen molar-refractivity contribution in [3.05, 3.63) is 12.2 Å². The number of carbonyl (C=O) groups is 2. The maximum absolute atomic E-state index is 12.1. The van der Waals surface area contributed by atoms with Crippen LogP contribution in [0.25, 0.3) is 0 Å². The van der Waals surface area contributed by atoms with Gasteiger partial charge in [0.1, 0.15) is 0 Å². The highest BCUT2D eigenvalue weighted by atomic mass is 28.3. The number of likely N-dealkylation sites (tertiary alicyclic amines) is 1. The van der Waals surface area contributed by atoms with Crippen LogP contribution >= 0.6 is 0 Å². The van der Waals surface area contributed by atoms with Crippen LogP contribution in [0.4, 0.5) is 0 Å². The lowest BCUT2D eigenvalue weighted by Gasteiger charge is -2.31. The molecule has 0 aromatic rings. The van der Waals surface area contributed by atoms with Gasteiger partial charge in [0.05, 0.1) is 11.8 Å². The zero-order valence-electron chi connectivity index (χ0n) is 10.8. The average Bonchev–Trinajstić information content (AvgIpc) is 2.84. The third kappa shape index (κ3) is 1.22. The van der Waals surface area contributed by atoms with E-state index in [0.29, 0.717) is 17.4 Å². The molecule has 17 heavy (non-hydrogen) atoms. The predicted octanol–water partition coefficient (Wildman–Crippen LogP) is 1.74. The molecule has 1 saturated carbocycles. The van der Waals surface area contributed by atoms with E-state index in [2.05, 4.69) is 31.8 Å². The van der Waals surface area contributed by atoms with Gasteiger partial charge in [-0.05, 0) is 17.4 Å². The fourth-order valence-corrected chi connectivity index (χ4v) is 7.21. The maximum Gasteiger partial charge on any atom is 0.233 e. The molecule has 1 saturated heterocycles. The summed E-state index contributed by atoms with van der Waals surface area (Å²) in [4.78, 5) is 25.6. The topological polar surface area (TPSA) is 37.4 Å². The molecule has 0 aromatic heterocycles. The molecule has 0 aromatic carbocycles. The Labute approximate surface area is 103 Å². The van der Waals surface area contributed by atoms with Gasteiger partial charge in [0.25, 0.3) is 0 Å². The Morgan fingerprint density at radius 1 is 1.00 bits per heavy atom. The molecule has 2 aliphatic carbocycles. The van der Waals surface area contributed by atoms with Gasteiger partial charge in [0.15, 0.2) is 0 Å². The second kappa shape index (κ2) is 3.10. The van der Waals surface area contributed by atoms with Crippen LogP contribution in [0.1, 0.15) is 0 Å². The van der Waals surface area contributed by atoms with Gasteiger partial charge >= 0.3 is 0 Å². The molecule has 1 heterocycles. The molecule has 3 aliphatic rings. The van der Waals surface area contributed by atoms with Gasteiger partial charge in [0, 0.05) is 15.1 Å². The van der Waals surface area contributed by atoms with E-state index in [4.69, 9.17) is 0 Å². The zero-order chi connectivity index (χ0) is 12.5. The molecule has 0 radical (unpaired) electrons. The lowest BCUT2D eigenvalue weighted by Crippen LogP contribution is -2.36. The second-order valence-electron chi connectivity index (χ2n) is 6.72. The monoisotopic (exact) mass is 249 g/mol. The highest BCUT2D eigenvalue weighted by Gasteiger charge is 2.64. The predicted molar refractivity (Wildman–Crippen MR) is 68.0 cm³/mol. The summed E-state index contributed by atoms with van der Waals surface area (Å²) in [6, 6.07) is 0. The lowest BCUT2D eigenvalue weighted by atomic mass is 9.85. The minimum atomic E-state index is -1.32. The van der Waals surface area contributed by atoms with Crippen molar-refractivity contribution < 1.29 is 9.59 Å². The maximum atomic E-state index is 12.1. The molecule has 0 spiro atoms. The van der Waals surface area contributed by atoms with E-state index in [1.54, 1.807) is 7.05 Å². The Morgan fingerprint density at radius 3 is 1.76 bits per heavy atom.